The number of hydrogen-bond acceptors (Lipinski definition) is 1. The molecule has 0 amide bonds. The zero-order valence-electron chi connectivity index (χ0n) is 14.0. The van der Waals surface area contributed by atoms with E-state index < -0.39 is 0 Å². The highest BCUT2D eigenvalue weighted by Gasteiger charge is 2.20. The molecule has 1 aliphatic carbocycles. The average Bonchev–Trinajstić information content (AvgIpc) is 2.53. The molecule has 118 valence electrons. The number of aryl methyl sites for hydroxylation is 1. The van der Waals surface area contributed by atoms with Crippen LogP contribution >= 0.6 is 0 Å². The van der Waals surface area contributed by atoms with E-state index in [-0.39, 0.29) is 0 Å². The van der Waals surface area contributed by atoms with E-state index in [2.05, 4.69) is 43.4 Å². The summed E-state index contributed by atoms with van der Waals surface area (Å²) in [6.45, 7) is 5.66. The molecule has 1 aromatic rings. The number of rotatable bonds is 8. The average molecular weight is 287 g/mol. The summed E-state index contributed by atoms with van der Waals surface area (Å²) in [4.78, 5) is 0. The van der Waals surface area contributed by atoms with Crippen molar-refractivity contribution < 1.29 is 0 Å². The largest absolute Gasteiger partial charge is 0.310 e. The van der Waals surface area contributed by atoms with Gasteiger partial charge in [0.1, 0.15) is 0 Å². The van der Waals surface area contributed by atoms with Gasteiger partial charge in [-0.3, -0.25) is 0 Å². The van der Waals surface area contributed by atoms with Gasteiger partial charge in [0.05, 0.1) is 0 Å². The fraction of sp³-hybridized carbons (Fsp3) is 0.700. The van der Waals surface area contributed by atoms with Gasteiger partial charge in [-0.25, -0.2) is 0 Å². The van der Waals surface area contributed by atoms with E-state index in [0.29, 0.717) is 6.04 Å². The molecule has 0 heterocycles. The van der Waals surface area contributed by atoms with Crippen LogP contribution in [0.3, 0.4) is 0 Å². The monoisotopic (exact) mass is 287 g/mol. The zero-order valence-corrected chi connectivity index (χ0v) is 14.0. The number of benzene rings is 1. The fourth-order valence-electron chi connectivity index (χ4n) is 3.67. The summed E-state index contributed by atoms with van der Waals surface area (Å²) in [5.74, 6) is 0.933. The molecular weight excluding hydrogens is 254 g/mol. The Morgan fingerprint density at radius 3 is 2.62 bits per heavy atom. The van der Waals surface area contributed by atoms with Crippen LogP contribution in [0.2, 0.25) is 0 Å². The molecule has 0 saturated heterocycles. The standard InChI is InChI=1S/C20H33N/c1-3-9-17-12-8-13-19(15-17)20(21-14-4-2)16-18-10-6-5-7-11-18/h8,12-13,15,18,20-21H,3-7,9-11,14,16H2,1-2H3. The summed E-state index contributed by atoms with van der Waals surface area (Å²) in [6.07, 6.45) is 12.2. The van der Waals surface area contributed by atoms with E-state index in [9.17, 15) is 0 Å². The molecule has 1 N–H and O–H groups in total. The normalized spacial score (nSPS) is 17.8. The van der Waals surface area contributed by atoms with Gasteiger partial charge in [-0.2, -0.15) is 0 Å². The van der Waals surface area contributed by atoms with E-state index in [0.717, 1.165) is 12.5 Å². The summed E-state index contributed by atoms with van der Waals surface area (Å²) in [7, 11) is 0. The predicted molar refractivity (Wildman–Crippen MR) is 92.7 cm³/mol. The first-order chi connectivity index (χ1) is 10.3. The molecule has 0 aliphatic heterocycles. The van der Waals surface area contributed by atoms with Crippen LogP contribution in [0.5, 0.6) is 0 Å². The molecule has 0 bridgehead atoms. The highest BCUT2D eigenvalue weighted by molar-refractivity contribution is 5.26. The van der Waals surface area contributed by atoms with Gasteiger partial charge in [-0.15, -0.1) is 0 Å². The Labute approximate surface area is 131 Å². The molecule has 1 saturated carbocycles. The summed E-state index contributed by atoms with van der Waals surface area (Å²) in [5, 5.41) is 3.80. The van der Waals surface area contributed by atoms with Crippen molar-refractivity contribution in [3.63, 3.8) is 0 Å². The summed E-state index contributed by atoms with van der Waals surface area (Å²) in [6, 6.07) is 9.87. The van der Waals surface area contributed by atoms with Crippen molar-refractivity contribution in [2.75, 3.05) is 6.54 Å². The molecule has 2 rings (SSSR count). The third-order valence-electron chi connectivity index (χ3n) is 4.83. The van der Waals surface area contributed by atoms with Crippen molar-refractivity contribution in [1.29, 1.82) is 0 Å². The third-order valence-corrected chi connectivity index (χ3v) is 4.83. The van der Waals surface area contributed by atoms with Crippen LogP contribution in [0.25, 0.3) is 0 Å². The van der Waals surface area contributed by atoms with Gasteiger partial charge in [0.25, 0.3) is 0 Å². The minimum Gasteiger partial charge on any atom is -0.310 e. The first kappa shape index (κ1) is 16.5. The van der Waals surface area contributed by atoms with Crippen molar-refractivity contribution >= 4 is 0 Å². The maximum Gasteiger partial charge on any atom is 0.0322 e. The Kier molecular flexibility index (Phi) is 7.29. The first-order valence-corrected chi connectivity index (χ1v) is 9.15. The van der Waals surface area contributed by atoms with Crippen LogP contribution in [0, 0.1) is 5.92 Å². The number of nitrogens with one attached hydrogen (secondary N) is 1. The first-order valence-electron chi connectivity index (χ1n) is 9.15. The van der Waals surface area contributed by atoms with Crippen molar-refractivity contribution in [3.05, 3.63) is 35.4 Å². The maximum atomic E-state index is 3.80. The van der Waals surface area contributed by atoms with Crippen LogP contribution < -0.4 is 5.32 Å². The van der Waals surface area contributed by atoms with Crippen LogP contribution in [0.1, 0.15) is 82.4 Å². The number of hydrogen-bond donors (Lipinski definition) is 1. The van der Waals surface area contributed by atoms with Gasteiger partial charge < -0.3 is 5.32 Å². The second-order valence-electron chi connectivity index (χ2n) is 6.74. The van der Waals surface area contributed by atoms with Crippen LogP contribution in [0.4, 0.5) is 0 Å². The van der Waals surface area contributed by atoms with Crippen LogP contribution in [0.15, 0.2) is 24.3 Å². The lowest BCUT2D eigenvalue weighted by molar-refractivity contribution is 0.300. The van der Waals surface area contributed by atoms with Crippen molar-refractivity contribution in [1.82, 2.24) is 5.32 Å². The van der Waals surface area contributed by atoms with E-state index in [1.165, 1.54) is 68.9 Å². The second-order valence-corrected chi connectivity index (χ2v) is 6.74. The SMILES string of the molecule is CCCNC(CC1CCCCC1)c1cccc(CCC)c1. The molecule has 21 heavy (non-hydrogen) atoms. The van der Waals surface area contributed by atoms with Crippen molar-refractivity contribution in [3.8, 4) is 0 Å². The van der Waals surface area contributed by atoms with Crippen molar-refractivity contribution in [2.45, 2.75) is 77.7 Å². The Morgan fingerprint density at radius 2 is 1.90 bits per heavy atom. The minimum atomic E-state index is 0.560. The Morgan fingerprint density at radius 1 is 1.10 bits per heavy atom. The molecule has 1 nitrogen and oxygen atoms in total. The van der Waals surface area contributed by atoms with Crippen LogP contribution in [-0.2, 0) is 6.42 Å². The molecular formula is C20H33N. The Hall–Kier alpha value is -0.820. The van der Waals surface area contributed by atoms with Gasteiger partial charge in [0, 0.05) is 6.04 Å². The Bertz CT molecular complexity index is 393. The smallest absolute Gasteiger partial charge is 0.0322 e. The van der Waals surface area contributed by atoms with E-state index >= 15 is 0 Å². The summed E-state index contributed by atoms with van der Waals surface area (Å²) >= 11 is 0. The Balaban J connectivity index is 2.04. The van der Waals surface area contributed by atoms with E-state index in [1.807, 2.05) is 0 Å². The molecule has 1 aliphatic rings. The molecule has 1 aromatic carbocycles. The molecule has 0 radical (unpaired) electrons. The summed E-state index contributed by atoms with van der Waals surface area (Å²) < 4.78 is 0. The van der Waals surface area contributed by atoms with E-state index in [1.54, 1.807) is 0 Å². The highest BCUT2D eigenvalue weighted by Crippen LogP contribution is 2.32. The van der Waals surface area contributed by atoms with E-state index in [4.69, 9.17) is 0 Å². The molecule has 0 spiro atoms. The molecule has 1 fully saturated rings. The molecule has 1 heteroatoms. The van der Waals surface area contributed by atoms with Crippen molar-refractivity contribution in [2.24, 2.45) is 5.92 Å². The van der Waals surface area contributed by atoms with Gasteiger partial charge in [0.2, 0.25) is 0 Å². The van der Waals surface area contributed by atoms with Gasteiger partial charge in [-0.05, 0) is 42.9 Å². The topological polar surface area (TPSA) is 12.0 Å². The third kappa shape index (κ3) is 5.47. The predicted octanol–water partition coefficient (Wildman–Crippen LogP) is 5.65. The lowest BCUT2D eigenvalue weighted by Gasteiger charge is -2.28. The van der Waals surface area contributed by atoms with Gasteiger partial charge in [0.15, 0.2) is 0 Å². The van der Waals surface area contributed by atoms with Gasteiger partial charge in [-0.1, -0.05) is 76.6 Å². The molecule has 0 aromatic heterocycles. The highest BCUT2D eigenvalue weighted by atomic mass is 14.9. The molecule has 1 atom stereocenters. The minimum absolute atomic E-state index is 0.560. The lowest BCUT2D eigenvalue weighted by atomic mass is 9.83. The maximum absolute atomic E-state index is 3.80. The quantitative estimate of drug-likeness (QED) is 0.651. The lowest BCUT2D eigenvalue weighted by Crippen LogP contribution is -2.25. The van der Waals surface area contributed by atoms with Gasteiger partial charge >= 0.3 is 0 Å². The molecule has 1 unspecified atom stereocenters. The van der Waals surface area contributed by atoms with Crippen LogP contribution in [-0.4, -0.2) is 6.54 Å². The summed E-state index contributed by atoms with van der Waals surface area (Å²) in [5.41, 5.74) is 3.02. The second kappa shape index (κ2) is 9.25. The fourth-order valence-corrected chi connectivity index (χ4v) is 3.67. The zero-order chi connectivity index (χ0) is 14.9.